The molecule has 0 aliphatic carbocycles. The van der Waals surface area contributed by atoms with Crippen LogP contribution in [0.2, 0.25) is 0 Å². The monoisotopic (exact) mass is 412 g/mol. The number of aliphatic hydroxyl groups is 1. The highest BCUT2D eigenvalue weighted by molar-refractivity contribution is 5.94. The molecule has 164 valence electrons. The standard InChI is InChI=1S/C19H32N4O6/c1-11(2)9-13(21-16(25)12-5-3-7-20-12)18(27)23-8-4-6-15(23)17(26)22-14(10-24)19(28)29/h11-15,20,24H,3-10H2,1-2H3,(H,21,25)(H,22,26)(H,28,29). The Morgan fingerprint density at radius 3 is 2.31 bits per heavy atom. The van der Waals surface area contributed by atoms with Gasteiger partial charge in [-0.2, -0.15) is 0 Å². The van der Waals surface area contributed by atoms with Gasteiger partial charge in [0.05, 0.1) is 12.6 Å². The minimum atomic E-state index is -1.42. The van der Waals surface area contributed by atoms with E-state index in [-0.39, 0.29) is 23.8 Å². The predicted octanol–water partition coefficient (Wildman–Crippen LogP) is -1.18. The first-order chi connectivity index (χ1) is 13.7. The molecule has 3 amide bonds. The van der Waals surface area contributed by atoms with Crippen molar-refractivity contribution < 1.29 is 29.4 Å². The molecule has 0 aromatic rings. The lowest BCUT2D eigenvalue weighted by Crippen LogP contribution is -2.57. The van der Waals surface area contributed by atoms with Crippen molar-refractivity contribution in [1.82, 2.24) is 20.9 Å². The molecular formula is C19H32N4O6. The minimum absolute atomic E-state index is 0.154. The zero-order valence-corrected chi connectivity index (χ0v) is 17.0. The maximum Gasteiger partial charge on any atom is 0.328 e. The summed E-state index contributed by atoms with van der Waals surface area (Å²) in [5, 5.41) is 26.4. The van der Waals surface area contributed by atoms with Gasteiger partial charge in [-0.05, 0) is 44.6 Å². The van der Waals surface area contributed by atoms with Crippen molar-refractivity contribution in [2.75, 3.05) is 19.7 Å². The summed E-state index contributed by atoms with van der Waals surface area (Å²) < 4.78 is 0. The van der Waals surface area contributed by atoms with Crippen LogP contribution in [-0.4, -0.2) is 82.7 Å². The molecule has 0 bridgehead atoms. The van der Waals surface area contributed by atoms with Crippen molar-refractivity contribution in [2.45, 2.75) is 70.1 Å². The fraction of sp³-hybridized carbons (Fsp3) is 0.789. The normalized spacial score (nSPS) is 23.7. The molecular weight excluding hydrogens is 380 g/mol. The molecule has 2 aliphatic heterocycles. The van der Waals surface area contributed by atoms with E-state index in [9.17, 15) is 19.2 Å². The summed E-state index contributed by atoms with van der Waals surface area (Å²) in [4.78, 5) is 50.7. The van der Waals surface area contributed by atoms with E-state index >= 15 is 0 Å². The van der Waals surface area contributed by atoms with Gasteiger partial charge in [0.1, 0.15) is 18.1 Å². The van der Waals surface area contributed by atoms with Crippen LogP contribution in [0.1, 0.15) is 46.0 Å². The third-order valence-electron chi connectivity index (χ3n) is 5.33. The molecule has 0 aromatic carbocycles. The van der Waals surface area contributed by atoms with Crippen molar-refractivity contribution in [3.05, 3.63) is 0 Å². The van der Waals surface area contributed by atoms with Crippen molar-refractivity contribution in [1.29, 1.82) is 0 Å². The van der Waals surface area contributed by atoms with Gasteiger partial charge in [0.2, 0.25) is 17.7 Å². The third-order valence-corrected chi connectivity index (χ3v) is 5.33. The van der Waals surface area contributed by atoms with Crippen LogP contribution in [0.3, 0.4) is 0 Å². The molecule has 10 heteroatoms. The molecule has 10 nitrogen and oxygen atoms in total. The summed E-state index contributed by atoms with van der Waals surface area (Å²) in [7, 11) is 0. The number of hydrogen-bond donors (Lipinski definition) is 5. The highest BCUT2D eigenvalue weighted by Crippen LogP contribution is 2.21. The second-order valence-corrected chi connectivity index (χ2v) is 8.11. The van der Waals surface area contributed by atoms with Gasteiger partial charge in [0.15, 0.2) is 0 Å². The Morgan fingerprint density at radius 1 is 1.07 bits per heavy atom. The van der Waals surface area contributed by atoms with Gasteiger partial charge >= 0.3 is 5.97 Å². The van der Waals surface area contributed by atoms with Gasteiger partial charge in [-0.3, -0.25) is 14.4 Å². The van der Waals surface area contributed by atoms with Gasteiger partial charge in [-0.25, -0.2) is 4.79 Å². The van der Waals surface area contributed by atoms with Crippen LogP contribution >= 0.6 is 0 Å². The summed E-state index contributed by atoms with van der Waals surface area (Å²) in [5.41, 5.74) is 0. The van der Waals surface area contributed by atoms with Crippen LogP contribution in [0.25, 0.3) is 0 Å². The maximum absolute atomic E-state index is 13.2. The van der Waals surface area contributed by atoms with E-state index in [1.807, 2.05) is 13.8 Å². The molecule has 2 fully saturated rings. The first-order valence-electron chi connectivity index (χ1n) is 10.2. The highest BCUT2D eigenvalue weighted by Gasteiger charge is 2.39. The number of aliphatic carboxylic acids is 1. The molecule has 0 radical (unpaired) electrons. The quantitative estimate of drug-likeness (QED) is 0.320. The molecule has 0 saturated carbocycles. The third kappa shape index (κ3) is 6.14. The number of likely N-dealkylation sites (tertiary alicyclic amines) is 1. The lowest BCUT2D eigenvalue weighted by atomic mass is 10.0. The Labute approximate surface area is 170 Å². The Bertz CT molecular complexity index is 620. The average molecular weight is 412 g/mol. The van der Waals surface area contributed by atoms with Crippen molar-refractivity contribution in [3.63, 3.8) is 0 Å². The number of carbonyl (C=O) groups excluding carboxylic acids is 3. The SMILES string of the molecule is CC(C)CC(NC(=O)C1CCCN1)C(=O)N1CCCC1C(=O)NC(CO)C(=O)O. The maximum atomic E-state index is 13.2. The van der Waals surface area contributed by atoms with E-state index in [2.05, 4.69) is 16.0 Å². The van der Waals surface area contributed by atoms with Crippen LogP contribution in [0.4, 0.5) is 0 Å². The minimum Gasteiger partial charge on any atom is -0.480 e. The molecule has 4 unspecified atom stereocenters. The Kier molecular flexibility index (Phi) is 8.39. The van der Waals surface area contributed by atoms with E-state index in [0.717, 1.165) is 19.4 Å². The van der Waals surface area contributed by atoms with Gasteiger partial charge in [0.25, 0.3) is 0 Å². The second kappa shape index (κ2) is 10.5. The molecule has 5 N–H and O–H groups in total. The van der Waals surface area contributed by atoms with Crippen LogP contribution in [0.15, 0.2) is 0 Å². The highest BCUT2D eigenvalue weighted by atomic mass is 16.4. The molecule has 2 aliphatic rings. The second-order valence-electron chi connectivity index (χ2n) is 8.11. The Morgan fingerprint density at radius 2 is 1.76 bits per heavy atom. The fourth-order valence-electron chi connectivity index (χ4n) is 3.83. The lowest BCUT2D eigenvalue weighted by molar-refractivity contribution is -0.145. The number of rotatable bonds is 9. The Hall–Kier alpha value is -2.20. The van der Waals surface area contributed by atoms with Gasteiger partial charge in [-0.15, -0.1) is 0 Å². The number of aliphatic hydroxyl groups excluding tert-OH is 1. The number of carbonyl (C=O) groups is 4. The molecule has 0 spiro atoms. The number of nitrogens with zero attached hydrogens (tertiary/aromatic N) is 1. The topological polar surface area (TPSA) is 148 Å². The van der Waals surface area contributed by atoms with E-state index in [0.29, 0.717) is 25.8 Å². The van der Waals surface area contributed by atoms with E-state index in [1.54, 1.807) is 0 Å². The molecule has 0 aromatic heterocycles. The molecule has 2 rings (SSSR count). The zero-order chi connectivity index (χ0) is 21.6. The van der Waals surface area contributed by atoms with Gasteiger partial charge < -0.3 is 31.1 Å². The van der Waals surface area contributed by atoms with Gasteiger partial charge in [-0.1, -0.05) is 13.8 Å². The molecule has 4 atom stereocenters. The number of hydrogen-bond acceptors (Lipinski definition) is 6. The first-order valence-corrected chi connectivity index (χ1v) is 10.2. The summed E-state index contributed by atoms with van der Waals surface area (Å²) in [5.74, 6) is -2.34. The molecule has 2 saturated heterocycles. The van der Waals surface area contributed by atoms with E-state index in [1.165, 1.54) is 4.90 Å². The number of carboxylic acids is 1. The number of nitrogens with one attached hydrogen (secondary N) is 3. The fourth-order valence-corrected chi connectivity index (χ4v) is 3.83. The van der Waals surface area contributed by atoms with Crippen molar-refractivity contribution in [3.8, 4) is 0 Å². The Balaban J connectivity index is 2.08. The van der Waals surface area contributed by atoms with Crippen LogP contribution in [0, 0.1) is 5.92 Å². The smallest absolute Gasteiger partial charge is 0.328 e. The van der Waals surface area contributed by atoms with Crippen molar-refractivity contribution >= 4 is 23.7 Å². The lowest BCUT2D eigenvalue weighted by Gasteiger charge is -2.30. The van der Waals surface area contributed by atoms with Crippen molar-refractivity contribution in [2.24, 2.45) is 5.92 Å². The summed E-state index contributed by atoms with van der Waals surface area (Å²) in [6.45, 7) is 4.30. The van der Waals surface area contributed by atoms with Crippen LogP contribution in [0.5, 0.6) is 0 Å². The summed E-state index contributed by atoms with van der Waals surface area (Å²) in [6.07, 6.45) is 3.08. The summed E-state index contributed by atoms with van der Waals surface area (Å²) in [6, 6.07) is -3.28. The van der Waals surface area contributed by atoms with Crippen LogP contribution < -0.4 is 16.0 Å². The largest absolute Gasteiger partial charge is 0.480 e. The predicted molar refractivity (Wildman–Crippen MR) is 104 cm³/mol. The summed E-state index contributed by atoms with van der Waals surface area (Å²) >= 11 is 0. The van der Waals surface area contributed by atoms with Crippen LogP contribution in [-0.2, 0) is 19.2 Å². The number of carboxylic acid groups (broad SMARTS) is 1. The average Bonchev–Trinajstić information content (AvgIpc) is 3.35. The number of amides is 3. The molecule has 29 heavy (non-hydrogen) atoms. The zero-order valence-electron chi connectivity index (χ0n) is 17.0. The van der Waals surface area contributed by atoms with E-state index < -0.39 is 36.6 Å². The van der Waals surface area contributed by atoms with Gasteiger partial charge in [0, 0.05) is 6.54 Å². The first kappa shape index (κ1) is 23.1. The molecule has 2 heterocycles. The van der Waals surface area contributed by atoms with E-state index in [4.69, 9.17) is 10.2 Å².